The monoisotopic (exact) mass is 791 g/mol. The molecule has 310 valence electrons. The first kappa shape index (κ1) is 51.4. The number of para-hydroxylation sites is 1. The highest BCUT2D eigenvalue weighted by Gasteiger charge is 2.24. The van der Waals surface area contributed by atoms with E-state index in [1.54, 1.807) is 12.2 Å². The second-order valence-electron chi connectivity index (χ2n) is 14.1. The topological polar surface area (TPSA) is 159 Å². The van der Waals surface area contributed by atoms with E-state index in [1.165, 1.54) is 18.9 Å². The second kappa shape index (κ2) is 28.7. The van der Waals surface area contributed by atoms with Crippen LogP contribution in [0.3, 0.4) is 0 Å². The average molecular weight is 791 g/mol. The molecule has 56 heavy (non-hydrogen) atoms. The number of nitrogens with two attached hydrogens (primary N) is 1. The fourth-order valence-electron chi connectivity index (χ4n) is 5.61. The van der Waals surface area contributed by atoms with E-state index in [-0.39, 0.29) is 24.6 Å². The van der Waals surface area contributed by atoms with Crippen molar-refractivity contribution in [2.45, 2.75) is 133 Å². The molecule has 1 aromatic carbocycles. The lowest BCUT2D eigenvalue weighted by Crippen LogP contribution is -2.41. The summed E-state index contributed by atoms with van der Waals surface area (Å²) in [5.41, 5.74) is 10.0. The minimum absolute atomic E-state index is 0.100. The van der Waals surface area contributed by atoms with E-state index in [2.05, 4.69) is 74.8 Å². The van der Waals surface area contributed by atoms with Crippen LogP contribution in [0.5, 0.6) is 0 Å². The third kappa shape index (κ3) is 19.8. The summed E-state index contributed by atoms with van der Waals surface area (Å²) in [5.74, 6) is 1.90. The van der Waals surface area contributed by atoms with Crippen LogP contribution in [-0.2, 0) is 14.4 Å². The summed E-state index contributed by atoms with van der Waals surface area (Å²) in [7, 11) is 3.99. The summed E-state index contributed by atoms with van der Waals surface area (Å²) >= 11 is 4.38. The van der Waals surface area contributed by atoms with Crippen molar-refractivity contribution in [1.29, 1.82) is 5.26 Å². The molecule has 0 spiro atoms. The minimum atomic E-state index is -0.405. The van der Waals surface area contributed by atoms with Gasteiger partial charge in [0.25, 0.3) is 5.91 Å². The van der Waals surface area contributed by atoms with Gasteiger partial charge in [0, 0.05) is 47.6 Å². The number of hydrogen-bond acceptors (Lipinski definition) is 10. The number of benzene rings is 1. The lowest BCUT2D eigenvalue weighted by Gasteiger charge is -2.30. The molecular formula is C44H70N8O3S. The van der Waals surface area contributed by atoms with Crippen molar-refractivity contribution in [3.63, 3.8) is 0 Å². The number of aromatic nitrogens is 2. The first-order valence-corrected chi connectivity index (χ1v) is 20.3. The highest BCUT2D eigenvalue weighted by molar-refractivity contribution is 7.85. The number of hydrogen-bond donors (Lipinski definition) is 4. The SMILES string of the molecule is C=CC(C#N)=CC/C=C(\CC)C(N)=O.CC.CC(C)=C(S)/C(C)=N/OCC(=O)NC1CCC(Nc2nc(N(C)C)c3cccc(C)c3n2)CC1.CCCC(C)C. The first-order chi connectivity index (χ1) is 26.6. The molecule has 0 unspecified atom stereocenters. The van der Waals surface area contributed by atoms with Crippen LogP contribution in [-0.4, -0.2) is 60.3 Å². The molecule has 1 heterocycles. The summed E-state index contributed by atoms with van der Waals surface area (Å²) < 4.78 is 0. The molecule has 2 aromatic rings. The molecule has 0 bridgehead atoms. The Balaban J connectivity index is 0.00000114. The molecule has 4 N–H and O–H groups in total. The van der Waals surface area contributed by atoms with Crippen LogP contribution in [0.2, 0.25) is 0 Å². The van der Waals surface area contributed by atoms with Gasteiger partial charge >= 0.3 is 0 Å². The van der Waals surface area contributed by atoms with Crippen LogP contribution >= 0.6 is 12.6 Å². The highest BCUT2D eigenvalue weighted by atomic mass is 32.1. The normalized spacial score (nSPS) is 15.3. The molecule has 1 aliphatic rings. The lowest BCUT2D eigenvalue weighted by molar-refractivity contribution is -0.126. The van der Waals surface area contributed by atoms with Gasteiger partial charge in [-0.05, 0) is 83.8 Å². The van der Waals surface area contributed by atoms with Gasteiger partial charge in [-0.3, -0.25) is 9.59 Å². The Morgan fingerprint density at radius 3 is 2.21 bits per heavy atom. The molecule has 1 aliphatic carbocycles. The molecule has 1 fully saturated rings. The number of oxime groups is 1. The van der Waals surface area contributed by atoms with Crippen molar-refractivity contribution in [3.8, 4) is 6.07 Å². The van der Waals surface area contributed by atoms with Gasteiger partial charge in [-0.25, -0.2) is 4.98 Å². The Morgan fingerprint density at radius 2 is 1.73 bits per heavy atom. The number of allylic oxidation sites excluding steroid dienone is 6. The number of anilines is 2. The number of nitriles is 1. The van der Waals surface area contributed by atoms with Crippen LogP contribution in [0.1, 0.15) is 119 Å². The molecule has 3 rings (SSSR count). The Labute approximate surface area is 343 Å². The number of nitrogens with one attached hydrogen (secondary N) is 2. The lowest BCUT2D eigenvalue weighted by atomic mass is 9.91. The number of aryl methyl sites for hydroxylation is 1. The van der Waals surface area contributed by atoms with Crippen molar-refractivity contribution in [2.24, 2.45) is 16.8 Å². The van der Waals surface area contributed by atoms with E-state index in [9.17, 15) is 9.59 Å². The molecule has 12 heteroatoms. The Morgan fingerprint density at radius 1 is 1.11 bits per heavy atom. The van der Waals surface area contributed by atoms with Crippen LogP contribution in [0, 0.1) is 24.2 Å². The predicted octanol–water partition coefficient (Wildman–Crippen LogP) is 9.76. The zero-order valence-corrected chi connectivity index (χ0v) is 37.1. The number of rotatable bonds is 15. The summed E-state index contributed by atoms with van der Waals surface area (Å²) in [6.45, 7) is 23.8. The fraction of sp³-hybridized carbons (Fsp3) is 0.545. The van der Waals surface area contributed by atoms with Crippen molar-refractivity contribution in [1.82, 2.24) is 15.3 Å². The standard InChI is InChI=1S/C25H36N6O2S.C11H14N2O.C6H14.C2H6/c1-15(2)23(34)17(4)30-33-14-21(32)26-18-10-12-19(13-11-18)27-25-28-22-16(3)8-7-9-20(22)24(29-25)31(5)6;1-3-9(8-12)6-5-7-10(4-2)11(13)14;1-4-5-6(2)3;1-2/h7-9,18-19,34H,10-14H2,1-6H3,(H,26,32)(H,27,28,29);3,6-7H,1,4-5H2,2H3,(H2,13,14);6H,4-5H2,1-3H3;1-2H3/b30-17+;9-6?,10-7+;;. The molecule has 11 nitrogen and oxygen atoms in total. The Kier molecular flexibility index (Phi) is 26.4. The molecule has 0 atom stereocenters. The van der Waals surface area contributed by atoms with Crippen LogP contribution in [0.4, 0.5) is 11.8 Å². The molecule has 0 aliphatic heterocycles. The van der Waals surface area contributed by atoms with E-state index >= 15 is 0 Å². The largest absolute Gasteiger partial charge is 0.385 e. The molecule has 1 aromatic heterocycles. The second-order valence-corrected chi connectivity index (χ2v) is 14.6. The van der Waals surface area contributed by atoms with Gasteiger partial charge in [0.2, 0.25) is 11.9 Å². The molecule has 1 saturated carbocycles. The van der Waals surface area contributed by atoms with Crippen LogP contribution in [0.15, 0.2) is 69.8 Å². The third-order valence-electron chi connectivity index (χ3n) is 8.59. The predicted molar refractivity (Wildman–Crippen MR) is 240 cm³/mol. The number of primary amides is 1. The Bertz CT molecular complexity index is 1690. The van der Waals surface area contributed by atoms with E-state index in [0.717, 1.165) is 64.4 Å². The number of carbonyl (C=O) groups excluding carboxylic acids is 2. The van der Waals surface area contributed by atoms with Gasteiger partial charge in [-0.2, -0.15) is 10.2 Å². The van der Waals surface area contributed by atoms with Gasteiger partial charge in [0.15, 0.2) is 6.61 Å². The molecular weight excluding hydrogens is 721 g/mol. The summed E-state index contributed by atoms with van der Waals surface area (Å²) in [4.78, 5) is 40.6. The molecule has 2 amide bonds. The van der Waals surface area contributed by atoms with Gasteiger partial charge in [0.1, 0.15) is 5.82 Å². The zero-order chi connectivity index (χ0) is 42.8. The number of carbonyl (C=O) groups is 2. The number of nitrogens with zero attached hydrogens (tertiary/aromatic N) is 5. The van der Waals surface area contributed by atoms with Gasteiger partial charge < -0.3 is 26.1 Å². The number of thiol groups is 1. The summed E-state index contributed by atoms with van der Waals surface area (Å²) in [6.07, 6.45) is 12.4. The van der Waals surface area contributed by atoms with E-state index in [1.807, 2.05) is 72.7 Å². The number of fused-ring (bicyclic) bond motifs is 1. The van der Waals surface area contributed by atoms with Gasteiger partial charge in [0.05, 0.1) is 17.3 Å². The Hall–Kier alpha value is -4.63. The molecule has 0 radical (unpaired) electrons. The van der Waals surface area contributed by atoms with Gasteiger partial charge in [-0.1, -0.05) is 102 Å². The quantitative estimate of drug-likeness (QED) is 0.0347. The van der Waals surface area contributed by atoms with E-state index < -0.39 is 5.91 Å². The van der Waals surface area contributed by atoms with E-state index in [4.69, 9.17) is 25.8 Å². The van der Waals surface area contributed by atoms with Crippen molar-refractivity contribution < 1.29 is 14.4 Å². The van der Waals surface area contributed by atoms with Crippen molar-refractivity contribution in [2.75, 3.05) is 30.9 Å². The molecule has 0 saturated heterocycles. The fourth-order valence-corrected chi connectivity index (χ4v) is 5.65. The smallest absolute Gasteiger partial charge is 0.260 e. The maximum absolute atomic E-state index is 12.2. The number of amides is 2. The zero-order valence-electron chi connectivity index (χ0n) is 36.3. The highest BCUT2D eigenvalue weighted by Crippen LogP contribution is 2.28. The van der Waals surface area contributed by atoms with Crippen molar-refractivity contribution in [3.05, 3.63) is 70.2 Å². The minimum Gasteiger partial charge on any atom is -0.385 e. The average Bonchev–Trinajstić information content (AvgIpc) is 3.16. The van der Waals surface area contributed by atoms with Crippen molar-refractivity contribution >= 4 is 52.8 Å². The van der Waals surface area contributed by atoms with Crippen LogP contribution in [0.25, 0.3) is 10.9 Å². The van der Waals surface area contributed by atoms with Gasteiger partial charge in [-0.15, -0.1) is 12.6 Å². The van der Waals surface area contributed by atoms with Crippen LogP contribution < -0.4 is 21.3 Å². The summed E-state index contributed by atoms with van der Waals surface area (Å²) in [5, 5.41) is 20.2. The van der Waals surface area contributed by atoms with E-state index in [0.29, 0.717) is 35.6 Å². The maximum Gasteiger partial charge on any atom is 0.260 e. The first-order valence-electron chi connectivity index (χ1n) is 19.8. The summed E-state index contributed by atoms with van der Waals surface area (Å²) in [6, 6.07) is 8.54. The maximum atomic E-state index is 12.2. The third-order valence-corrected chi connectivity index (χ3v) is 9.36.